The lowest BCUT2D eigenvalue weighted by molar-refractivity contribution is -0.134. The Hall–Kier alpha value is -2.21. The summed E-state index contributed by atoms with van der Waals surface area (Å²) in [6.45, 7) is 3.86. The van der Waals surface area contributed by atoms with Crippen LogP contribution in [0, 0.1) is 5.92 Å². The molecule has 130 valence electrons. The molecule has 1 aliphatic carbocycles. The molecule has 1 atom stereocenters. The molecule has 1 amide bonds. The van der Waals surface area contributed by atoms with E-state index < -0.39 is 5.97 Å². The fourth-order valence-electron chi connectivity index (χ4n) is 3.13. The van der Waals surface area contributed by atoms with E-state index in [1.165, 1.54) is 12.8 Å². The number of benzene rings is 1. The maximum absolute atomic E-state index is 12.3. The van der Waals surface area contributed by atoms with Gasteiger partial charge in [0.05, 0.1) is 0 Å². The van der Waals surface area contributed by atoms with Crippen LogP contribution in [-0.2, 0) is 11.2 Å². The first-order valence-electron chi connectivity index (χ1n) is 8.32. The molecule has 0 bridgehead atoms. The van der Waals surface area contributed by atoms with Gasteiger partial charge < -0.3 is 15.7 Å². The summed E-state index contributed by atoms with van der Waals surface area (Å²) >= 11 is 0. The quantitative estimate of drug-likeness (QED) is 0.782. The van der Waals surface area contributed by atoms with Crippen molar-refractivity contribution in [3.63, 3.8) is 0 Å². The van der Waals surface area contributed by atoms with Gasteiger partial charge in [-0.3, -0.25) is 14.4 Å². The zero-order valence-electron chi connectivity index (χ0n) is 13.9. The zero-order valence-corrected chi connectivity index (χ0v) is 13.9. The molecule has 1 aromatic rings. The van der Waals surface area contributed by atoms with E-state index in [0.29, 0.717) is 30.9 Å². The molecule has 0 aromatic heterocycles. The van der Waals surface area contributed by atoms with Crippen molar-refractivity contribution in [2.45, 2.75) is 32.6 Å². The predicted molar refractivity (Wildman–Crippen MR) is 90.3 cm³/mol. The molecule has 24 heavy (non-hydrogen) atoms. The minimum Gasteiger partial charge on any atom is -0.481 e. The van der Waals surface area contributed by atoms with Crippen molar-refractivity contribution >= 4 is 17.7 Å². The molecular formula is C18H24N2O4. The van der Waals surface area contributed by atoms with Crippen molar-refractivity contribution in [1.29, 1.82) is 0 Å². The number of carbonyl (C=O) groups excluding carboxylic acids is 2. The summed E-state index contributed by atoms with van der Waals surface area (Å²) in [5.74, 6) is -0.195. The Labute approximate surface area is 141 Å². The molecule has 1 fully saturated rings. The highest BCUT2D eigenvalue weighted by Crippen LogP contribution is 2.25. The Morgan fingerprint density at radius 1 is 1.33 bits per heavy atom. The van der Waals surface area contributed by atoms with E-state index >= 15 is 0 Å². The van der Waals surface area contributed by atoms with Gasteiger partial charge in [0, 0.05) is 31.0 Å². The van der Waals surface area contributed by atoms with Crippen molar-refractivity contribution in [3.05, 3.63) is 34.9 Å². The summed E-state index contributed by atoms with van der Waals surface area (Å²) in [6, 6.07) is 5.46. The number of ketones is 1. The predicted octanol–water partition coefficient (Wildman–Crippen LogP) is 1.64. The molecule has 6 nitrogen and oxygen atoms in total. The second-order valence-electron chi connectivity index (χ2n) is 6.20. The Morgan fingerprint density at radius 2 is 2.08 bits per heavy atom. The van der Waals surface area contributed by atoms with Gasteiger partial charge >= 0.3 is 0 Å². The molecule has 3 N–H and O–H groups in total. The SMILES string of the molecule is CC(=O)O.O=C1CCc2c1cccc2C(=O)NCC1CCCNC1. The number of aliphatic carboxylic acids is 1. The lowest BCUT2D eigenvalue weighted by Crippen LogP contribution is -2.38. The normalized spacial score (nSPS) is 19.0. The van der Waals surface area contributed by atoms with Gasteiger partial charge in [-0.15, -0.1) is 0 Å². The molecule has 0 saturated carbocycles. The number of hydrogen-bond acceptors (Lipinski definition) is 4. The summed E-state index contributed by atoms with van der Waals surface area (Å²) < 4.78 is 0. The van der Waals surface area contributed by atoms with Crippen LogP contribution in [0.4, 0.5) is 0 Å². The second kappa shape index (κ2) is 8.59. The van der Waals surface area contributed by atoms with Gasteiger partial charge in [0.25, 0.3) is 11.9 Å². The lowest BCUT2D eigenvalue weighted by Gasteiger charge is -2.23. The largest absolute Gasteiger partial charge is 0.481 e. The summed E-state index contributed by atoms with van der Waals surface area (Å²) in [5, 5.41) is 13.8. The average Bonchev–Trinajstić information content (AvgIpc) is 2.94. The van der Waals surface area contributed by atoms with Gasteiger partial charge in [-0.05, 0) is 49.9 Å². The second-order valence-corrected chi connectivity index (χ2v) is 6.20. The fraction of sp³-hybridized carbons (Fsp3) is 0.500. The number of rotatable bonds is 3. The highest BCUT2D eigenvalue weighted by molar-refractivity contribution is 6.05. The van der Waals surface area contributed by atoms with Gasteiger partial charge in [-0.2, -0.15) is 0 Å². The van der Waals surface area contributed by atoms with E-state index in [-0.39, 0.29) is 11.7 Å². The van der Waals surface area contributed by atoms with Crippen LogP contribution >= 0.6 is 0 Å². The number of amides is 1. The Morgan fingerprint density at radius 3 is 2.75 bits per heavy atom. The number of carboxylic acid groups (broad SMARTS) is 1. The smallest absolute Gasteiger partial charge is 0.300 e. The van der Waals surface area contributed by atoms with E-state index in [1.807, 2.05) is 12.1 Å². The highest BCUT2D eigenvalue weighted by atomic mass is 16.4. The van der Waals surface area contributed by atoms with Gasteiger partial charge in [0.2, 0.25) is 0 Å². The Balaban J connectivity index is 0.000000471. The van der Waals surface area contributed by atoms with Crippen molar-refractivity contribution in [2.75, 3.05) is 19.6 Å². The summed E-state index contributed by atoms with van der Waals surface area (Å²) in [4.78, 5) is 33.0. The number of fused-ring (bicyclic) bond motifs is 1. The number of piperidine rings is 1. The first-order valence-corrected chi connectivity index (χ1v) is 8.32. The third kappa shape index (κ3) is 4.89. The van der Waals surface area contributed by atoms with E-state index in [0.717, 1.165) is 31.1 Å². The maximum Gasteiger partial charge on any atom is 0.300 e. The molecule has 1 unspecified atom stereocenters. The number of Topliss-reactive ketones (excluding diaryl/α,β-unsaturated/α-hetero) is 1. The molecule has 6 heteroatoms. The third-order valence-electron chi connectivity index (χ3n) is 4.27. The molecular weight excluding hydrogens is 308 g/mol. The topological polar surface area (TPSA) is 95.5 Å². The van der Waals surface area contributed by atoms with Crippen LogP contribution in [0.15, 0.2) is 18.2 Å². The molecule has 0 spiro atoms. The molecule has 1 heterocycles. The van der Waals surface area contributed by atoms with Crippen LogP contribution in [0.25, 0.3) is 0 Å². The van der Waals surface area contributed by atoms with Crippen molar-refractivity contribution in [1.82, 2.24) is 10.6 Å². The minimum atomic E-state index is -0.833. The van der Waals surface area contributed by atoms with Crippen LogP contribution in [0.1, 0.15) is 52.5 Å². The standard InChI is InChI=1S/C16H20N2O2.C2H4O2/c19-15-7-6-12-13(15)4-1-5-14(12)16(20)18-10-11-3-2-8-17-9-11;1-2(3)4/h1,4-5,11,17H,2-3,6-10H2,(H,18,20);1H3,(H,3,4). The van der Waals surface area contributed by atoms with E-state index in [9.17, 15) is 9.59 Å². The van der Waals surface area contributed by atoms with Gasteiger partial charge in [-0.1, -0.05) is 12.1 Å². The maximum atomic E-state index is 12.3. The Bertz CT molecular complexity index is 617. The van der Waals surface area contributed by atoms with Crippen LogP contribution in [-0.4, -0.2) is 42.4 Å². The monoisotopic (exact) mass is 332 g/mol. The number of carboxylic acids is 1. The summed E-state index contributed by atoms with van der Waals surface area (Å²) in [7, 11) is 0. The third-order valence-corrected chi connectivity index (χ3v) is 4.27. The summed E-state index contributed by atoms with van der Waals surface area (Å²) in [5.41, 5.74) is 2.34. The van der Waals surface area contributed by atoms with Gasteiger partial charge in [0.1, 0.15) is 0 Å². The zero-order chi connectivity index (χ0) is 17.5. The van der Waals surface area contributed by atoms with Crippen molar-refractivity contribution in [3.8, 4) is 0 Å². The summed E-state index contributed by atoms with van der Waals surface area (Å²) in [6.07, 6.45) is 3.57. The fourth-order valence-corrected chi connectivity index (χ4v) is 3.13. The van der Waals surface area contributed by atoms with E-state index in [4.69, 9.17) is 9.90 Å². The molecule has 2 aliphatic rings. The van der Waals surface area contributed by atoms with E-state index in [1.54, 1.807) is 6.07 Å². The first kappa shape index (κ1) is 18.1. The van der Waals surface area contributed by atoms with Gasteiger partial charge in [-0.25, -0.2) is 0 Å². The first-order chi connectivity index (χ1) is 11.5. The van der Waals surface area contributed by atoms with Crippen LogP contribution in [0.2, 0.25) is 0 Å². The molecule has 1 aliphatic heterocycles. The van der Waals surface area contributed by atoms with Crippen LogP contribution < -0.4 is 10.6 Å². The number of nitrogens with one attached hydrogen (secondary N) is 2. The minimum absolute atomic E-state index is 0.0397. The van der Waals surface area contributed by atoms with Crippen LogP contribution in [0.3, 0.4) is 0 Å². The molecule has 3 rings (SSSR count). The van der Waals surface area contributed by atoms with Gasteiger partial charge in [0.15, 0.2) is 5.78 Å². The molecule has 0 radical (unpaired) electrons. The van der Waals surface area contributed by atoms with Crippen molar-refractivity contribution < 1.29 is 19.5 Å². The number of hydrogen-bond donors (Lipinski definition) is 3. The lowest BCUT2D eigenvalue weighted by atomic mass is 9.99. The van der Waals surface area contributed by atoms with Crippen molar-refractivity contribution in [2.24, 2.45) is 5.92 Å². The average molecular weight is 332 g/mol. The highest BCUT2D eigenvalue weighted by Gasteiger charge is 2.24. The Kier molecular flexibility index (Phi) is 6.49. The van der Waals surface area contributed by atoms with Crippen LogP contribution in [0.5, 0.6) is 0 Å². The molecule has 1 saturated heterocycles. The number of carbonyl (C=O) groups is 3. The van der Waals surface area contributed by atoms with E-state index in [2.05, 4.69) is 10.6 Å². The molecule has 1 aromatic carbocycles.